The van der Waals surface area contributed by atoms with Crippen molar-refractivity contribution < 1.29 is 9.18 Å². The first kappa shape index (κ1) is 15.4. The maximum atomic E-state index is 14.3. The Balaban J connectivity index is 2.22. The van der Waals surface area contributed by atoms with Gasteiger partial charge in [0, 0.05) is 17.8 Å². The van der Waals surface area contributed by atoms with Crippen LogP contribution in [0.2, 0.25) is 5.02 Å². The van der Waals surface area contributed by atoms with Crippen LogP contribution in [0.3, 0.4) is 0 Å². The Kier molecular flexibility index (Phi) is 3.96. The van der Waals surface area contributed by atoms with Crippen molar-refractivity contribution in [2.45, 2.75) is 19.9 Å². The van der Waals surface area contributed by atoms with Crippen LogP contribution in [-0.4, -0.2) is 26.4 Å². The van der Waals surface area contributed by atoms with Gasteiger partial charge in [-0.2, -0.15) is 0 Å². The zero-order valence-corrected chi connectivity index (χ0v) is 13.2. The molecule has 1 amide bonds. The minimum Gasteiger partial charge on any atom is -0.313 e. The fraction of sp³-hybridized carbons (Fsp3) is 0.200. The molecule has 1 aromatic carbocycles. The molecule has 0 atom stereocenters. The van der Waals surface area contributed by atoms with Gasteiger partial charge in [0.25, 0.3) is 0 Å². The summed E-state index contributed by atoms with van der Waals surface area (Å²) < 4.78 is 16.0. The minimum atomic E-state index is -0.484. The molecule has 3 aromatic rings. The van der Waals surface area contributed by atoms with Crippen molar-refractivity contribution in [3.63, 3.8) is 0 Å². The van der Waals surface area contributed by atoms with E-state index in [4.69, 9.17) is 11.6 Å². The van der Waals surface area contributed by atoms with Gasteiger partial charge in [-0.05, 0) is 37.6 Å². The number of hydrogen-bond acceptors (Lipinski definition) is 4. The number of carbonyl (C=O) groups excluding carboxylic acids is 1. The molecule has 6 nitrogen and oxygen atoms in total. The third-order valence-electron chi connectivity index (χ3n) is 3.39. The van der Waals surface area contributed by atoms with Crippen LogP contribution in [0, 0.1) is 5.82 Å². The number of nitrogens with one attached hydrogen (secondary N) is 1. The molecule has 2 aromatic heterocycles. The fourth-order valence-corrected chi connectivity index (χ4v) is 2.55. The van der Waals surface area contributed by atoms with Crippen LogP contribution in [-0.2, 0) is 4.79 Å². The molecular weight excluding hydrogens is 321 g/mol. The number of nitrogens with zero attached hydrogens (tertiary/aromatic N) is 4. The Hall–Kier alpha value is -2.54. The van der Waals surface area contributed by atoms with Crippen molar-refractivity contribution in [2.24, 2.45) is 0 Å². The summed E-state index contributed by atoms with van der Waals surface area (Å²) in [5.41, 5.74) is 1.90. The summed E-state index contributed by atoms with van der Waals surface area (Å²) in [5, 5.41) is 10.7. The molecular formula is C15H13ClFN5O. The van der Waals surface area contributed by atoms with Crippen molar-refractivity contribution in [2.75, 3.05) is 5.32 Å². The van der Waals surface area contributed by atoms with E-state index in [9.17, 15) is 9.18 Å². The number of amides is 1. The standard InChI is InChI=1S/C15H13ClFN5O/c1-8(2)22-13-4-9(3-12(17)15(13)20-21-22)10-5-14(19-7-23)18-6-11(10)16/h3-8H,1-2H3,(H,18,19,23). The molecule has 8 heteroatoms. The van der Waals surface area contributed by atoms with Crippen molar-refractivity contribution in [1.82, 2.24) is 20.0 Å². The second-order valence-electron chi connectivity index (χ2n) is 5.27. The summed E-state index contributed by atoms with van der Waals surface area (Å²) in [6, 6.07) is 4.73. The van der Waals surface area contributed by atoms with E-state index in [1.807, 2.05) is 13.8 Å². The Morgan fingerprint density at radius 3 is 2.83 bits per heavy atom. The second kappa shape index (κ2) is 5.92. The van der Waals surface area contributed by atoms with Gasteiger partial charge in [-0.3, -0.25) is 4.79 Å². The highest BCUT2D eigenvalue weighted by Crippen LogP contribution is 2.32. The maximum Gasteiger partial charge on any atom is 0.212 e. The van der Waals surface area contributed by atoms with E-state index in [0.717, 1.165) is 0 Å². The topological polar surface area (TPSA) is 72.7 Å². The molecule has 0 saturated carbocycles. The van der Waals surface area contributed by atoms with Crippen molar-refractivity contribution >= 4 is 34.9 Å². The summed E-state index contributed by atoms with van der Waals surface area (Å²) >= 11 is 6.17. The van der Waals surface area contributed by atoms with Gasteiger partial charge in [-0.25, -0.2) is 14.1 Å². The van der Waals surface area contributed by atoms with E-state index >= 15 is 0 Å². The highest BCUT2D eigenvalue weighted by atomic mass is 35.5. The lowest BCUT2D eigenvalue weighted by molar-refractivity contribution is -0.105. The molecule has 1 N–H and O–H groups in total. The predicted octanol–water partition coefficient (Wildman–Crippen LogP) is 3.44. The largest absolute Gasteiger partial charge is 0.313 e. The number of hydrogen-bond donors (Lipinski definition) is 1. The highest BCUT2D eigenvalue weighted by molar-refractivity contribution is 6.33. The van der Waals surface area contributed by atoms with Crippen LogP contribution in [0.25, 0.3) is 22.2 Å². The van der Waals surface area contributed by atoms with Crippen molar-refractivity contribution in [1.29, 1.82) is 0 Å². The molecule has 3 rings (SSSR count). The monoisotopic (exact) mass is 333 g/mol. The van der Waals surface area contributed by atoms with Gasteiger partial charge in [0.1, 0.15) is 11.3 Å². The van der Waals surface area contributed by atoms with Gasteiger partial charge < -0.3 is 5.32 Å². The van der Waals surface area contributed by atoms with Gasteiger partial charge in [-0.15, -0.1) is 5.10 Å². The molecule has 0 fully saturated rings. The number of carbonyl (C=O) groups is 1. The van der Waals surface area contributed by atoms with Gasteiger partial charge in [0.2, 0.25) is 6.41 Å². The number of anilines is 1. The first-order chi connectivity index (χ1) is 11.0. The quantitative estimate of drug-likeness (QED) is 0.742. The smallest absolute Gasteiger partial charge is 0.212 e. The molecule has 0 aliphatic carbocycles. The van der Waals surface area contributed by atoms with Gasteiger partial charge in [-0.1, -0.05) is 16.8 Å². The normalized spacial score (nSPS) is 11.2. The molecule has 2 heterocycles. The van der Waals surface area contributed by atoms with Gasteiger partial charge in [0.15, 0.2) is 5.82 Å². The molecule has 0 aliphatic heterocycles. The van der Waals surface area contributed by atoms with Crippen LogP contribution >= 0.6 is 11.6 Å². The lowest BCUT2D eigenvalue weighted by Gasteiger charge is -2.09. The predicted molar refractivity (Wildman–Crippen MR) is 85.8 cm³/mol. The summed E-state index contributed by atoms with van der Waals surface area (Å²) in [4.78, 5) is 14.5. The Morgan fingerprint density at radius 1 is 1.35 bits per heavy atom. The molecule has 0 spiro atoms. The zero-order chi connectivity index (χ0) is 16.6. The van der Waals surface area contributed by atoms with E-state index < -0.39 is 5.82 Å². The van der Waals surface area contributed by atoms with Gasteiger partial charge >= 0.3 is 0 Å². The number of rotatable bonds is 4. The van der Waals surface area contributed by atoms with E-state index in [0.29, 0.717) is 33.9 Å². The Morgan fingerprint density at radius 2 is 2.13 bits per heavy atom. The second-order valence-corrected chi connectivity index (χ2v) is 5.67. The van der Waals surface area contributed by atoms with Crippen LogP contribution in [0.1, 0.15) is 19.9 Å². The van der Waals surface area contributed by atoms with E-state index in [2.05, 4.69) is 20.6 Å². The van der Waals surface area contributed by atoms with E-state index in [-0.39, 0.29) is 11.6 Å². The molecule has 0 radical (unpaired) electrons. The van der Waals surface area contributed by atoms with E-state index in [1.54, 1.807) is 16.8 Å². The lowest BCUT2D eigenvalue weighted by Crippen LogP contribution is -2.02. The number of fused-ring (bicyclic) bond motifs is 1. The van der Waals surface area contributed by atoms with Crippen LogP contribution in [0.15, 0.2) is 24.4 Å². The van der Waals surface area contributed by atoms with Crippen LogP contribution in [0.5, 0.6) is 0 Å². The maximum absolute atomic E-state index is 14.3. The third kappa shape index (κ3) is 2.75. The average Bonchev–Trinajstić information content (AvgIpc) is 2.94. The van der Waals surface area contributed by atoms with Gasteiger partial charge in [0.05, 0.1) is 10.5 Å². The first-order valence-corrected chi connectivity index (χ1v) is 7.29. The number of aromatic nitrogens is 4. The van der Waals surface area contributed by atoms with E-state index in [1.165, 1.54) is 12.3 Å². The fourth-order valence-electron chi connectivity index (χ4n) is 2.34. The summed E-state index contributed by atoms with van der Waals surface area (Å²) in [6.07, 6.45) is 1.92. The average molecular weight is 334 g/mol. The summed E-state index contributed by atoms with van der Waals surface area (Å²) in [5.74, 6) is -0.155. The van der Waals surface area contributed by atoms with Crippen LogP contribution < -0.4 is 5.32 Å². The molecule has 0 unspecified atom stereocenters. The number of halogens is 2. The molecule has 0 aliphatic rings. The van der Waals surface area contributed by atoms with Crippen molar-refractivity contribution in [3.05, 3.63) is 35.2 Å². The van der Waals surface area contributed by atoms with Crippen molar-refractivity contribution in [3.8, 4) is 11.1 Å². The number of pyridine rings is 1. The number of benzene rings is 1. The SMILES string of the molecule is CC(C)n1nnc2c(F)cc(-c3cc(NC=O)ncc3Cl)cc21. The molecule has 23 heavy (non-hydrogen) atoms. The highest BCUT2D eigenvalue weighted by Gasteiger charge is 2.15. The first-order valence-electron chi connectivity index (χ1n) is 6.91. The summed E-state index contributed by atoms with van der Waals surface area (Å²) in [6.45, 7) is 3.87. The minimum absolute atomic E-state index is 0.0369. The third-order valence-corrected chi connectivity index (χ3v) is 3.69. The molecule has 0 saturated heterocycles. The zero-order valence-electron chi connectivity index (χ0n) is 12.4. The summed E-state index contributed by atoms with van der Waals surface area (Å²) in [7, 11) is 0. The van der Waals surface area contributed by atoms with Crippen LogP contribution in [0.4, 0.5) is 10.2 Å². The molecule has 118 valence electrons. The Bertz CT molecular complexity index is 893. The Labute approximate surface area is 136 Å². The lowest BCUT2D eigenvalue weighted by atomic mass is 10.1. The molecule has 0 bridgehead atoms.